The number of hydrogen-bond acceptors (Lipinski definition) is 2. The fourth-order valence-electron chi connectivity index (χ4n) is 2.16. The minimum atomic E-state index is -0.170. The third-order valence-corrected chi connectivity index (χ3v) is 3.99. The Labute approximate surface area is 144 Å². The average Bonchev–Trinajstić information content (AvgIpc) is 2.56. The molecule has 0 bridgehead atoms. The van der Waals surface area contributed by atoms with Gasteiger partial charge in [0.05, 0.1) is 11.6 Å². The van der Waals surface area contributed by atoms with Crippen LogP contribution >= 0.6 is 15.9 Å². The number of nitrogens with one attached hydrogen (secondary N) is 1. The van der Waals surface area contributed by atoms with Crippen molar-refractivity contribution < 1.29 is 4.79 Å². The van der Waals surface area contributed by atoms with Crippen LogP contribution in [0.2, 0.25) is 0 Å². The summed E-state index contributed by atoms with van der Waals surface area (Å²) in [5.74, 6) is 0. The molecule has 0 fully saturated rings. The van der Waals surface area contributed by atoms with Crippen molar-refractivity contribution >= 4 is 27.6 Å². The third kappa shape index (κ3) is 5.42. The van der Waals surface area contributed by atoms with Crippen LogP contribution in [0.25, 0.3) is 0 Å². The topological polar surface area (TPSA) is 56.1 Å². The number of urea groups is 1. The van der Waals surface area contributed by atoms with Gasteiger partial charge in [0.1, 0.15) is 0 Å². The number of benzene rings is 2. The molecule has 0 heterocycles. The van der Waals surface area contributed by atoms with Gasteiger partial charge >= 0.3 is 6.03 Å². The first-order valence-electron chi connectivity index (χ1n) is 7.35. The number of carbonyl (C=O) groups is 1. The molecule has 4 nitrogen and oxygen atoms in total. The smallest absolute Gasteiger partial charge is 0.321 e. The molecule has 0 aromatic heterocycles. The summed E-state index contributed by atoms with van der Waals surface area (Å²) >= 11 is 3.42. The first-order chi connectivity index (χ1) is 11.1. The van der Waals surface area contributed by atoms with Crippen LogP contribution in [0, 0.1) is 11.3 Å². The second kappa shape index (κ2) is 8.35. The molecule has 0 atom stereocenters. The second-order valence-electron chi connectivity index (χ2n) is 5.27. The van der Waals surface area contributed by atoms with Gasteiger partial charge in [-0.3, -0.25) is 0 Å². The molecule has 2 rings (SSSR count). The standard InChI is InChI=1S/C18H18BrN3O/c1-22(11-3-5-14-7-9-16(19)10-8-14)18(23)21-17-6-2-4-15(12-17)13-20/h2,4,6-10,12H,3,5,11H2,1H3,(H,21,23). The number of rotatable bonds is 5. The van der Waals surface area contributed by atoms with Crippen molar-refractivity contribution in [3.63, 3.8) is 0 Å². The van der Waals surface area contributed by atoms with Gasteiger partial charge in [-0.25, -0.2) is 4.79 Å². The molecule has 1 N–H and O–H groups in total. The number of anilines is 1. The fraction of sp³-hybridized carbons (Fsp3) is 0.222. The van der Waals surface area contributed by atoms with Crippen molar-refractivity contribution in [1.29, 1.82) is 5.26 Å². The summed E-state index contributed by atoms with van der Waals surface area (Å²) in [5.41, 5.74) is 2.42. The zero-order chi connectivity index (χ0) is 16.7. The molecule has 0 aliphatic carbocycles. The van der Waals surface area contributed by atoms with Crippen molar-refractivity contribution in [2.24, 2.45) is 0 Å². The van der Waals surface area contributed by atoms with E-state index in [-0.39, 0.29) is 6.03 Å². The predicted molar refractivity (Wildman–Crippen MR) is 95.3 cm³/mol. The van der Waals surface area contributed by atoms with E-state index >= 15 is 0 Å². The molecular weight excluding hydrogens is 354 g/mol. The van der Waals surface area contributed by atoms with Crippen LogP contribution in [0.5, 0.6) is 0 Å². The number of halogens is 1. The number of nitrogens with zero attached hydrogens (tertiary/aromatic N) is 2. The van der Waals surface area contributed by atoms with Gasteiger partial charge in [0, 0.05) is 23.8 Å². The van der Waals surface area contributed by atoms with E-state index < -0.39 is 0 Å². The lowest BCUT2D eigenvalue weighted by molar-refractivity contribution is 0.222. The second-order valence-corrected chi connectivity index (χ2v) is 6.19. The maximum absolute atomic E-state index is 12.1. The number of hydrogen-bond donors (Lipinski definition) is 1. The lowest BCUT2D eigenvalue weighted by Gasteiger charge is -2.18. The first-order valence-corrected chi connectivity index (χ1v) is 8.14. The monoisotopic (exact) mass is 371 g/mol. The minimum Gasteiger partial charge on any atom is -0.328 e. The number of amides is 2. The maximum Gasteiger partial charge on any atom is 0.321 e. The van der Waals surface area contributed by atoms with E-state index in [1.54, 1.807) is 36.2 Å². The third-order valence-electron chi connectivity index (χ3n) is 3.46. The zero-order valence-corrected chi connectivity index (χ0v) is 14.5. The Bertz CT molecular complexity index is 707. The van der Waals surface area contributed by atoms with E-state index in [0.717, 1.165) is 17.3 Å². The first kappa shape index (κ1) is 17.0. The summed E-state index contributed by atoms with van der Waals surface area (Å²) < 4.78 is 1.07. The van der Waals surface area contributed by atoms with Gasteiger partial charge in [0.15, 0.2) is 0 Å². The molecule has 0 spiro atoms. The molecule has 0 saturated carbocycles. The largest absolute Gasteiger partial charge is 0.328 e. The Morgan fingerprint density at radius 1 is 1.26 bits per heavy atom. The van der Waals surface area contributed by atoms with E-state index in [4.69, 9.17) is 5.26 Å². The highest BCUT2D eigenvalue weighted by Gasteiger charge is 2.08. The quantitative estimate of drug-likeness (QED) is 0.845. The van der Waals surface area contributed by atoms with Crippen molar-refractivity contribution in [3.8, 4) is 6.07 Å². The van der Waals surface area contributed by atoms with Crippen LogP contribution in [-0.4, -0.2) is 24.5 Å². The van der Waals surface area contributed by atoms with Crippen molar-refractivity contribution in [3.05, 3.63) is 64.1 Å². The molecule has 0 unspecified atom stereocenters. The van der Waals surface area contributed by atoms with Crippen LogP contribution in [0.15, 0.2) is 53.0 Å². The van der Waals surface area contributed by atoms with Gasteiger partial charge in [-0.15, -0.1) is 0 Å². The van der Waals surface area contributed by atoms with E-state index in [1.165, 1.54) is 5.56 Å². The molecule has 2 aromatic rings. The molecular formula is C18H18BrN3O. The highest BCUT2D eigenvalue weighted by Crippen LogP contribution is 2.13. The van der Waals surface area contributed by atoms with Crippen LogP contribution in [0.3, 0.4) is 0 Å². The van der Waals surface area contributed by atoms with Crippen LogP contribution in [0.4, 0.5) is 10.5 Å². The highest BCUT2D eigenvalue weighted by atomic mass is 79.9. The van der Waals surface area contributed by atoms with Crippen LogP contribution in [0.1, 0.15) is 17.5 Å². The van der Waals surface area contributed by atoms with Gasteiger partial charge in [0.25, 0.3) is 0 Å². The molecule has 0 saturated heterocycles. The summed E-state index contributed by atoms with van der Waals surface area (Å²) in [6.45, 7) is 0.667. The van der Waals surface area contributed by atoms with Gasteiger partial charge in [-0.05, 0) is 48.7 Å². The van der Waals surface area contributed by atoms with E-state index in [1.807, 2.05) is 12.1 Å². The minimum absolute atomic E-state index is 0.170. The number of aryl methyl sites for hydroxylation is 1. The van der Waals surface area contributed by atoms with Crippen molar-refractivity contribution in [2.45, 2.75) is 12.8 Å². The van der Waals surface area contributed by atoms with Crippen molar-refractivity contribution in [1.82, 2.24) is 4.90 Å². The Balaban J connectivity index is 1.80. The number of carbonyl (C=O) groups excluding carboxylic acids is 1. The van der Waals surface area contributed by atoms with Crippen molar-refractivity contribution in [2.75, 3.05) is 18.9 Å². The Hall–Kier alpha value is -2.32. The Kier molecular flexibility index (Phi) is 6.19. The SMILES string of the molecule is CN(CCCc1ccc(Br)cc1)C(=O)Nc1cccc(C#N)c1. The summed E-state index contributed by atoms with van der Waals surface area (Å²) in [7, 11) is 1.77. The van der Waals surface area contributed by atoms with Gasteiger partial charge in [0.2, 0.25) is 0 Å². The van der Waals surface area contributed by atoms with Crippen LogP contribution < -0.4 is 5.32 Å². The molecule has 2 amide bonds. The fourth-order valence-corrected chi connectivity index (χ4v) is 2.42. The summed E-state index contributed by atoms with van der Waals surface area (Å²) in [6.07, 6.45) is 1.82. The lowest BCUT2D eigenvalue weighted by atomic mass is 10.1. The van der Waals surface area contributed by atoms with E-state index in [9.17, 15) is 4.79 Å². The summed E-state index contributed by atoms with van der Waals surface area (Å²) in [5, 5.41) is 11.7. The highest BCUT2D eigenvalue weighted by molar-refractivity contribution is 9.10. The molecule has 0 radical (unpaired) electrons. The Morgan fingerprint density at radius 2 is 2.00 bits per heavy atom. The molecule has 2 aromatic carbocycles. The molecule has 23 heavy (non-hydrogen) atoms. The number of nitriles is 1. The van der Waals surface area contributed by atoms with Crippen LogP contribution in [-0.2, 0) is 6.42 Å². The lowest BCUT2D eigenvalue weighted by Crippen LogP contribution is -2.32. The van der Waals surface area contributed by atoms with E-state index in [2.05, 4.69) is 39.4 Å². The molecule has 5 heteroatoms. The summed E-state index contributed by atoms with van der Waals surface area (Å²) in [6, 6.07) is 17.0. The Morgan fingerprint density at radius 3 is 2.70 bits per heavy atom. The van der Waals surface area contributed by atoms with E-state index in [0.29, 0.717) is 17.8 Å². The predicted octanol–water partition coefficient (Wildman–Crippen LogP) is 4.42. The van der Waals surface area contributed by atoms with Gasteiger partial charge in [-0.1, -0.05) is 34.1 Å². The average molecular weight is 372 g/mol. The molecule has 0 aliphatic heterocycles. The maximum atomic E-state index is 12.1. The summed E-state index contributed by atoms with van der Waals surface area (Å²) in [4.78, 5) is 13.8. The zero-order valence-electron chi connectivity index (χ0n) is 12.9. The van der Waals surface area contributed by atoms with Gasteiger partial charge < -0.3 is 10.2 Å². The normalized spacial score (nSPS) is 9.96. The molecule has 0 aliphatic rings. The molecule has 118 valence electrons. The van der Waals surface area contributed by atoms with Gasteiger partial charge in [-0.2, -0.15) is 5.26 Å².